The molecule has 0 fully saturated rings. The fourth-order valence-electron chi connectivity index (χ4n) is 2.03. The first kappa shape index (κ1) is 15.5. The molecule has 0 heterocycles. The summed E-state index contributed by atoms with van der Waals surface area (Å²) in [5.74, 6) is -0.584. The zero-order valence-electron chi connectivity index (χ0n) is 11.9. The summed E-state index contributed by atoms with van der Waals surface area (Å²) >= 11 is 0. The van der Waals surface area contributed by atoms with Crippen molar-refractivity contribution in [3.8, 4) is 0 Å². The van der Waals surface area contributed by atoms with Gasteiger partial charge in [-0.3, -0.25) is 4.72 Å². The molecule has 0 amide bonds. The Balaban J connectivity index is 2.41. The highest BCUT2D eigenvalue weighted by atomic mass is 32.2. The van der Waals surface area contributed by atoms with Crippen molar-refractivity contribution < 1.29 is 12.8 Å². The lowest BCUT2D eigenvalue weighted by Gasteiger charge is -2.12. The quantitative estimate of drug-likeness (QED) is 0.893. The van der Waals surface area contributed by atoms with E-state index in [4.69, 9.17) is 0 Å². The number of halogens is 1. The molecule has 0 saturated carbocycles. The van der Waals surface area contributed by atoms with E-state index in [1.807, 2.05) is 13.0 Å². The molecule has 0 atom stereocenters. The van der Waals surface area contributed by atoms with E-state index in [0.29, 0.717) is 17.8 Å². The molecule has 0 aliphatic heterocycles. The molecule has 0 bridgehead atoms. The smallest absolute Gasteiger partial charge is 0.262 e. The lowest BCUT2D eigenvalue weighted by atomic mass is 10.2. The molecule has 112 valence electrons. The van der Waals surface area contributed by atoms with Crippen molar-refractivity contribution in [3.63, 3.8) is 0 Å². The van der Waals surface area contributed by atoms with Crippen molar-refractivity contribution in [2.24, 2.45) is 0 Å². The zero-order chi connectivity index (χ0) is 15.5. The van der Waals surface area contributed by atoms with Crippen molar-refractivity contribution in [2.75, 3.05) is 11.8 Å². The second-order valence-corrected chi connectivity index (χ2v) is 6.41. The third-order valence-corrected chi connectivity index (χ3v) is 4.42. The topological polar surface area (TPSA) is 58.2 Å². The van der Waals surface area contributed by atoms with Crippen LogP contribution in [0, 0.1) is 12.7 Å². The maximum atomic E-state index is 13.4. The van der Waals surface area contributed by atoms with Gasteiger partial charge in [0.15, 0.2) is 0 Å². The van der Waals surface area contributed by atoms with Crippen LogP contribution < -0.4 is 10.0 Å². The van der Waals surface area contributed by atoms with Crippen molar-refractivity contribution in [2.45, 2.75) is 18.4 Å². The Morgan fingerprint density at radius 3 is 2.57 bits per heavy atom. The first-order chi connectivity index (χ1) is 9.92. The van der Waals surface area contributed by atoms with Gasteiger partial charge in [-0.25, -0.2) is 12.8 Å². The van der Waals surface area contributed by atoms with Gasteiger partial charge in [-0.05, 0) is 49.4 Å². The van der Waals surface area contributed by atoms with E-state index >= 15 is 0 Å². The predicted octanol–water partition coefficient (Wildman–Crippen LogP) is 2.65. The van der Waals surface area contributed by atoms with Gasteiger partial charge in [-0.15, -0.1) is 0 Å². The summed E-state index contributed by atoms with van der Waals surface area (Å²) in [4.78, 5) is -0.0571. The van der Waals surface area contributed by atoms with E-state index in [0.717, 1.165) is 11.6 Å². The normalized spacial score (nSPS) is 11.4. The second-order valence-electron chi connectivity index (χ2n) is 4.76. The molecule has 2 rings (SSSR count). The fraction of sp³-hybridized carbons (Fsp3) is 0.200. The molecule has 2 aromatic carbocycles. The Labute approximate surface area is 124 Å². The van der Waals surface area contributed by atoms with Gasteiger partial charge >= 0.3 is 0 Å². The number of rotatable bonds is 5. The predicted molar refractivity (Wildman–Crippen MR) is 81.2 cm³/mol. The monoisotopic (exact) mass is 308 g/mol. The number of hydrogen-bond acceptors (Lipinski definition) is 3. The molecule has 0 aromatic heterocycles. The SMILES string of the molecule is CNCc1ccc(F)cc1S(=O)(=O)Nc1cccc(C)c1. The van der Waals surface area contributed by atoms with Crippen molar-refractivity contribution in [3.05, 3.63) is 59.4 Å². The maximum absolute atomic E-state index is 13.4. The molecular formula is C15H17FN2O2S. The summed E-state index contributed by atoms with van der Waals surface area (Å²) in [6.45, 7) is 2.21. The summed E-state index contributed by atoms with van der Waals surface area (Å²) in [6.07, 6.45) is 0. The van der Waals surface area contributed by atoms with Gasteiger partial charge in [-0.2, -0.15) is 0 Å². The Bertz CT molecular complexity index is 745. The molecule has 21 heavy (non-hydrogen) atoms. The number of nitrogens with one attached hydrogen (secondary N) is 2. The molecule has 4 nitrogen and oxygen atoms in total. The maximum Gasteiger partial charge on any atom is 0.262 e. The van der Waals surface area contributed by atoms with Crippen molar-refractivity contribution >= 4 is 15.7 Å². The average Bonchev–Trinajstić information content (AvgIpc) is 2.40. The summed E-state index contributed by atoms with van der Waals surface area (Å²) in [7, 11) is -2.13. The highest BCUT2D eigenvalue weighted by Gasteiger charge is 2.19. The van der Waals surface area contributed by atoms with Gasteiger partial charge in [0.25, 0.3) is 10.0 Å². The first-order valence-electron chi connectivity index (χ1n) is 6.45. The van der Waals surface area contributed by atoms with Crippen LogP contribution in [0.5, 0.6) is 0 Å². The number of sulfonamides is 1. The lowest BCUT2D eigenvalue weighted by Crippen LogP contribution is -2.17. The van der Waals surface area contributed by atoms with Crippen LogP contribution in [-0.4, -0.2) is 15.5 Å². The summed E-state index contributed by atoms with van der Waals surface area (Å²) in [5, 5.41) is 2.87. The first-order valence-corrected chi connectivity index (χ1v) is 7.93. The van der Waals surface area contributed by atoms with Gasteiger partial charge < -0.3 is 5.32 Å². The van der Waals surface area contributed by atoms with E-state index in [1.165, 1.54) is 12.1 Å². The van der Waals surface area contributed by atoms with Gasteiger partial charge in [0.2, 0.25) is 0 Å². The molecule has 6 heteroatoms. The van der Waals surface area contributed by atoms with Crippen LogP contribution >= 0.6 is 0 Å². The summed E-state index contributed by atoms with van der Waals surface area (Å²) < 4.78 is 40.8. The van der Waals surface area contributed by atoms with Gasteiger partial charge in [-0.1, -0.05) is 18.2 Å². The van der Waals surface area contributed by atoms with E-state index in [-0.39, 0.29) is 4.90 Å². The van der Waals surface area contributed by atoms with Crippen LogP contribution in [0.4, 0.5) is 10.1 Å². The Morgan fingerprint density at radius 1 is 1.14 bits per heavy atom. The Hall–Kier alpha value is -1.92. The third kappa shape index (κ3) is 3.80. The minimum atomic E-state index is -3.84. The van der Waals surface area contributed by atoms with Crippen LogP contribution in [0.1, 0.15) is 11.1 Å². The summed E-state index contributed by atoms with van der Waals surface area (Å²) in [5.41, 5.74) is 1.90. The van der Waals surface area contributed by atoms with E-state index in [9.17, 15) is 12.8 Å². The lowest BCUT2D eigenvalue weighted by molar-refractivity contribution is 0.592. The van der Waals surface area contributed by atoms with Gasteiger partial charge in [0.1, 0.15) is 5.82 Å². The van der Waals surface area contributed by atoms with Crippen molar-refractivity contribution in [1.29, 1.82) is 0 Å². The van der Waals surface area contributed by atoms with Crippen LogP contribution in [0.15, 0.2) is 47.4 Å². The van der Waals surface area contributed by atoms with E-state index in [2.05, 4.69) is 10.0 Å². The zero-order valence-corrected chi connectivity index (χ0v) is 12.7. The highest BCUT2D eigenvalue weighted by Crippen LogP contribution is 2.21. The molecule has 0 saturated heterocycles. The molecule has 2 aromatic rings. The number of aryl methyl sites for hydroxylation is 1. The van der Waals surface area contributed by atoms with E-state index in [1.54, 1.807) is 25.2 Å². The van der Waals surface area contributed by atoms with E-state index < -0.39 is 15.8 Å². The van der Waals surface area contributed by atoms with Crippen molar-refractivity contribution in [1.82, 2.24) is 5.32 Å². The van der Waals surface area contributed by atoms with Crippen LogP contribution in [0.3, 0.4) is 0 Å². The van der Waals surface area contributed by atoms with Gasteiger partial charge in [0, 0.05) is 12.2 Å². The molecule has 0 radical (unpaired) electrons. The minimum absolute atomic E-state index is 0.0571. The number of hydrogen-bond donors (Lipinski definition) is 2. The largest absolute Gasteiger partial charge is 0.316 e. The molecule has 0 spiro atoms. The third-order valence-electron chi connectivity index (χ3n) is 2.96. The molecule has 0 aliphatic rings. The second kappa shape index (κ2) is 6.24. The number of benzene rings is 2. The minimum Gasteiger partial charge on any atom is -0.316 e. The highest BCUT2D eigenvalue weighted by molar-refractivity contribution is 7.92. The Kier molecular flexibility index (Phi) is 4.59. The number of anilines is 1. The Morgan fingerprint density at radius 2 is 1.90 bits per heavy atom. The summed E-state index contributed by atoms with van der Waals surface area (Å²) in [6, 6.07) is 10.7. The van der Waals surface area contributed by atoms with Crippen LogP contribution in [-0.2, 0) is 16.6 Å². The van der Waals surface area contributed by atoms with Crippen LogP contribution in [0.25, 0.3) is 0 Å². The molecule has 0 unspecified atom stereocenters. The van der Waals surface area contributed by atoms with Gasteiger partial charge in [0.05, 0.1) is 4.90 Å². The molecular weight excluding hydrogens is 291 g/mol. The fourth-order valence-corrected chi connectivity index (χ4v) is 3.33. The molecule has 0 aliphatic carbocycles. The van der Waals surface area contributed by atoms with Crippen LogP contribution in [0.2, 0.25) is 0 Å². The standard InChI is InChI=1S/C15H17FN2O2S/c1-11-4-3-5-14(8-11)18-21(19,20)15-9-13(16)7-6-12(15)10-17-2/h3-9,17-18H,10H2,1-2H3. The average molecular weight is 308 g/mol. The molecule has 2 N–H and O–H groups in total.